The minimum atomic E-state index is -5.49. The van der Waals surface area contributed by atoms with Gasteiger partial charge in [0.2, 0.25) is 5.91 Å². The number of alkyl halides is 2. The van der Waals surface area contributed by atoms with Crippen LogP contribution in [0.25, 0.3) is 0 Å². The predicted octanol–water partition coefficient (Wildman–Crippen LogP) is -0.229. The van der Waals surface area contributed by atoms with E-state index in [1.807, 2.05) is 0 Å². The van der Waals surface area contributed by atoms with Gasteiger partial charge in [0.05, 0.1) is 11.8 Å². The van der Waals surface area contributed by atoms with Crippen LogP contribution in [-0.4, -0.2) is 168 Å². The number of carbonyl (C=O) groups excluding carboxylic acids is 2. The van der Waals surface area contributed by atoms with Crippen LogP contribution in [0.1, 0.15) is 26.2 Å². The molecule has 0 unspecified atom stereocenters. The van der Waals surface area contributed by atoms with E-state index < -0.39 is 38.6 Å². The summed E-state index contributed by atoms with van der Waals surface area (Å²) in [5.41, 5.74) is 1.32. The van der Waals surface area contributed by atoms with Crippen molar-refractivity contribution in [1.29, 1.82) is 0 Å². The Kier molecular flexibility index (Phi) is 23.4. The molecule has 0 aliphatic rings. The number of amides is 2. The molecule has 0 aliphatic carbocycles. The number of anilines is 1. The van der Waals surface area contributed by atoms with E-state index in [0.29, 0.717) is 24.5 Å². The molecule has 38 heavy (non-hydrogen) atoms. The molecule has 0 aliphatic heterocycles. The third-order valence-corrected chi connectivity index (χ3v) is 9.71. The second-order valence-corrected chi connectivity index (χ2v) is 12.8. The van der Waals surface area contributed by atoms with Crippen molar-refractivity contribution in [2.75, 3.05) is 36.7 Å². The Bertz CT molecular complexity index is 927. The Labute approximate surface area is 298 Å². The van der Waals surface area contributed by atoms with Crippen LogP contribution in [0.15, 0.2) is 24.3 Å². The molecule has 0 saturated carbocycles. The predicted molar refractivity (Wildman–Crippen MR) is 156 cm³/mol. The average Bonchev–Trinajstić information content (AvgIpc) is 2.77. The van der Waals surface area contributed by atoms with Crippen molar-refractivity contribution in [2.24, 2.45) is 0 Å². The van der Waals surface area contributed by atoms with Crippen LogP contribution in [0.3, 0.4) is 0 Å². The molecule has 7 N–H and O–H groups in total. The summed E-state index contributed by atoms with van der Waals surface area (Å²) in [5.74, 6) is 0.145. The van der Waals surface area contributed by atoms with Crippen molar-refractivity contribution in [3.63, 3.8) is 0 Å². The molecule has 19 heteroatoms. The van der Waals surface area contributed by atoms with E-state index in [9.17, 15) is 23.8 Å². The number of benzene rings is 1. The first-order chi connectivity index (χ1) is 16.2. The number of halogens is 2. The van der Waals surface area contributed by atoms with Gasteiger partial charge in [-0.05, 0) is 38.3 Å². The zero-order valence-corrected chi connectivity index (χ0v) is 22.4. The first-order valence-electron chi connectivity index (χ1n) is 10.6. The van der Waals surface area contributed by atoms with Gasteiger partial charge in [-0.2, -0.15) is 0 Å². The van der Waals surface area contributed by atoms with Gasteiger partial charge in [0.25, 0.3) is 5.08 Å². The number of aliphatic hydroxyl groups is 1. The Balaban J connectivity index is -0.00000408. The molecule has 2 amide bonds. The molecule has 12 nitrogen and oxygen atoms in total. The first kappa shape index (κ1) is 44.4. The Hall–Kier alpha value is 1.96. The molecule has 0 saturated heterocycles. The van der Waals surface area contributed by atoms with Gasteiger partial charge < -0.3 is 35.3 Å². The molecule has 206 valence electrons. The van der Waals surface area contributed by atoms with Gasteiger partial charge in [-0.1, -0.05) is 0 Å². The molecule has 1 aromatic rings. The second kappa shape index (κ2) is 20.0. The summed E-state index contributed by atoms with van der Waals surface area (Å²) in [6.07, 6.45) is -0.0877. The van der Waals surface area contributed by atoms with Gasteiger partial charge in [0.15, 0.2) is 0 Å². The van der Waals surface area contributed by atoms with Crippen molar-refractivity contribution in [3.05, 3.63) is 24.3 Å². The number of carbonyl (C=O) groups is 2. The molecule has 0 spiro atoms. The summed E-state index contributed by atoms with van der Waals surface area (Å²) in [7, 11) is -11.0. The number of hydrogen-bond acceptors (Lipinski definition) is 6. The zero-order valence-electron chi connectivity index (χ0n) is 19.1. The number of hydrogen-bond donors (Lipinski definition) is 7. The van der Waals surface area contributed by atoms with Gasteiger partial charge in [0, 0.05) is 24.4 Å². The number of unbranched alkanes of at least 4 members (excludes halogenated alkanes) is 1. The van der Waals surface area contributed by atoms with E-state index in [-0.39, 0.29) is 124 Å². The van der Waals surface area contributed by atoms with Gasteiger partial charge in [-0.3, -0.25) is 13.9 Å². The average molecular weight is 651 g/mol. The van der Waals surface area contributed by atoms with E-state index in [0.717, 1.165) is 6.41 Å². The van der Waals surface area contributed by atoms with E-state index in [2.05, 4.69) is 10.6 Å². The fraction of sp³-hybridized carbons (Fsp3) is 0.579. The van der Waals surface area contributed by atoms with Crippen molar-refractivity contribution < 1.29 is 43.4 Å². The molecular weight excluding hydrogens is 616 g/mol. The molecule has 0 bridgehead atoms. The van der Waals surface area contributed by atoms with Crippen LogP contribution in [-0.2, 0) is 18.7 Å². The van der Waals surface area contributed by atoms with E-state index in [1.54, 1.807) is 31.2 Å². The summed E-state index contributed by atoms with van der Waals surface area (Å²) in [6.45, 7) is 2.42. The van der Waals surface area contributed by atoms with Crippen molar-refractivity contribution in [3.8, 4) is 0 Å². The number of quaternary nitrogens is 1. The topological polar surface area (TPSA) is 193 Å². The van der Waals surface area contributed by atoms with Gasteiger partial charge in [-0.25, -0.2) is 9.28 Å². The zero-order chi connectivity index (χ0) is 26.9. The maximum atomic E-state index is 12.3. The molecule has 1 aromatic carbocycles. The Morgan fingerprint density at radius 1 is 1.00 bits per heavy atom. The second-order valence-electron chi connectivity index (χ2n) is 7.99. The monoisotopic (exact) mass is 650 g/mol. The molecule has 1 rings (SSSR count). The molecule has 0 radical (unpaired) electrons. The third kappa shape index (κ3) is 12.7. The summed E-state index contributed by atoms with van der Waals surface area (Å²) in [4.78, 5) is 60.6. The summed E-state index contributed by atoms with van der Waals surface area (Å²) < 4.78 is 22.6. The minimum absolute atomic E-state index is 0. The summed E-state index contributed by atoms with van der Waals surface area (Å²) in [5, 5.41) is 12.0. The van der Waals surface area contributed by atoms with Crippen LogP contribution in [0.5, 0.6) is 0 Å². The normalized spacial score (nSPS) is 12.7. The number of nitrogens with one attached hydrogen (secondary N) is 2. The SMILES string of the molecule is C[C@H](Nc1ccc([N+](C=O)(CCCl)CCCl)cc1)C(=O)NCCCCC(O)(P(=O)(O)O)P(=O)(O)O.[NaH].[NaH].[NaH]. The molecule has 1 atom stereocenters. The number of rotatable bonds is 16. The van der Waals surface area contributed by atoms with Gasteiger partial charge in [-0.15, -0.1) is 23.2 Å². The quantitative estimate of drug-likeness (QED) is 0.0314. The fourth-order valence-corrected chi connectivity index (χ4v) is 6.18. The van der Waals surface area contributed by atoms with Crippen LogP contribution in [0, 0.1) is 0 Å². The summed E-state index contributed by atoms with van der Waals surface area (Å²) in [6, 6.07) is 6.23. The van der Waals surface area contributed by atoms with Crippen LogP contribution in [0.2, 0.25) is 0 Å². The van der Waals surface area contributed by atoms with Crippen LogP contribution in [0.4, 0.5) is 11.4 Å². The van der Waals surface area contributed by atoms with E-state index in [4.69, 9.17) is 42.8 Å². The van der Waals surface area contributed by atoms with Crippen molar-refractivity contribution >= 4 is 151 Å². The molecule has 0 aromatic heterocycles. The first-order valence-corrected chi connectivity index (χ1v) is 14.9. The fourth-order valence-electron chi connectivity index (χ4n) is 3.32. The Morgan fingerprint density at radius 3 is 1.87 bits per heavy atom. The molecule has 0 heterocycles. The summed E-state index contributed by atoms with van der Waals surface area (Å²) >= 11 is 11.7. The van der Waals surface area contributed by atoms with E-state index in [1.165, 1.54) is 0 Å². The number of nitrogens with zero attached hydrogens (tertiary/aromatic N) is 1. The maximum absolute atomic E-state index is 12.3. The van der Waals surface area contributed by atoms with Crippen molar-refractivity contribution in [2.45, 2.75) is 37.3 Å². The van der Waals surface area contributed by atoms with Gasteiger partial charge in [0.1, 0.15) is 24.8 Å². The van der Waals surface area contributed by atoms with Crippen LogP contribution < -0.4 is 15.1 Å². The molecular formula is C19H35Cl2N3Na3O9P2+. The van der Waals surface area contributed by atoms with Crippen molar-refractivity contribution in [1.82, 2.24) is 9.80 Å². The van der Waals surface area contributed by atoms with Crippen LogP contribution >= 0.6 is 38.4 Å². The standard InChI is InChI=1S/C19H31Cl2N3O9P2.3Na.3H/c1-15(18(26)22-11-3-2-8-19(27,34(28,29)30)35(31,32)33)23-16-4-6-17(7-5-16)24(14-25,12-9-20)13-10-21;;;;;;/h4-7,14-15,23,27H,2-3,8-13H2,1H3,(H4-,22,26,28,29,30,31,32,33);;;;;;/p+1/t15-;;;;;;/m0....../s1. The van der Waals surface area contributed by atoms with Gasteiger partial charge >= 0.3 is 110 Å². The third-order valence-electron chi connectivity index (χ3n) is 5.50. The Morgan fingerprint density at radius 2 is 1.47 bits per heavy atom. The molecule has 0 fully saturated rings. The van der Waals surface area contributed by atoms with E-state index >= 15 is 0 Å².